The monoisotopic (exact) mass is 312 g/mol. The third kappa shape index (κ3) is 5.30. The van der Waals surface area contributed by atoms with Crippen LogP contribution in [0.4, 0.5) is 17.6 Å². The summed E-state index contributed by atoms with van der Waals surface area (Å²) < 4.78 is 49.4. The predicted octanol–water partition coefficient (Wildman–Crippen LogP) is 4.04. The van der Waals surface area contributed by atoms with Crippen LogP contribution in [0.5, 0.6) is 0 Å². The van der Waals surface area contributed by atoms with Crippen molar-refractivity contribution in [2.24, 2.45) is 0 Å². The number of alkyl halides is 3. The number of carbonyl (C=O) groups excluding carboxylic acids is 1. The van der Waals surface area contributed by atoms with Crippen LogP contribution in [-0.2, 0) is 11.2 Å². The van der Waals surface area contributed by atoms with Crippen molar-refractivity contribution in [1.29, 1.82) is 0 Å². The zero-order valence-electron chi connectivity index (χ0n) is 8.65. The quantitative estimate of drug-likeness (QED) is 0.767. The van der Waals surface area contributed by atoms with Crippen LogP contribution >= 0.6 is 15.9 Å². The molecule has 0 amide bonds. The van der Waals surface area contributed by atoms with Crippen LogP contribution in [0.1, 0.15) is 18.4 Å². The lowest BCUT2D eigenvalue weighted by Gasteiger charge is -2.06. The molecule has 17 heavy (non-hydrogen) atoms. The number of ketones is 1. The minimum Gasteiger partial charge on any atom is -0.299 e. The first kappa shape index (κ1) is 14.2. The molecule has 0 aliphatic carbocycles. The van der Waals surface area contributed by atoms with Gasteiger partial charge in [-0.3, -0.25) is 4.79 Å². The lowest BCUT2D eigenvalue weighted by Crippen LogP contribution is -2.12. The molecule has 0 bridgehead atoms. The van der Waals surface area contributed by atoms with Gasteiger partial charge in [0, 0.05) is 17.3 Å². The Morgan fingerprint density at radius 1 is 1.29 bits per heavy atom. The maximum Gasteiger partial charge on any atom is 0.389 e. The Kier molecular flexibility index (Phi) is 4.68. The maximum absolute atomic E-state index is 13.3. The van der Waals surface area contributed by atoms with Gasteiger partial charge in [0.2, 0.25) is 0 Å². The standard InChI is InChI=1S/C11H9BrF4O/c12-8-2-1-7(10(13)6-8)5-9(17)3-4-11(14,15)16/h1-2,6H,3-5H2. The Morgan fingerprint density at radius 3 is 2.47 bits per heavy atom. The first-order valence-corrected chi connectivity index (χ1v) is 5.59. The molecule has 0 radical (unpaired) electrons. The van der Waals surface area contributed by atoms with Crippen LogP contribution in [-0.4, -0.2) is 12.0 Å². The van der Waals surface area contributed by atoms with Gasteiger partial charge in [-0.2, -0.15) is 13.2 Å². The van der Waals surface area contributed by atoms with E-state index in [0.29, 0.717) is 4.47 Å². The topological polar surface area (TPSA) is 17.1 Å². The van der Waals surface area contributed by atoms with E-state index in [0.717, 1.165) is 0 Å². The zero-order chi connectivity index (χ0) is 13.1. The highest BCUT2D eigenvalue weighted by Crippen LogP contribution is 2.22. The molecule has 0 aliphatic rings. The van der Waals surface area contributed by atoms with Gasteiger partial charge < -0.3 is 0 Å². The van der Waals surface area contributed by atoms with Crippen LogP contribution in [0.2, 0.25) is 0 Å². The highest BCUT2D eigenvalue weighted by Gasteiger charge is 2.27. The second-order valence-corrected chi connectivity index (χ2v) is 4.48. The normalized spacial score (nSPS) is 11.6. The van der Waals surface area contributed by atoms with Gasteiger partial charge in [-0.25, -0.2) is 4.39 Å². The molecule has 0 N–H and O–H groups in total. The van der Waals surface area contributed by atoms with Gasteiger partial charge in [0.25, 0.3) is 0 Å². The van der Waals surface area contributed by atoms with Crippen molar-refractivity contribution in [3.63, 3.8) is 0 Å². The second kappa shape index (κ2) is 5.62. The Hall–Kier alpha value is -0.910. The summed E-state index contributed by atoms with van der Waals surface area (Å²) in [6, 6.07) is 4.09. The van der Waals surface area contributed by atoms with Gasteiger partial charge in [0.15, 0.2) is 0 Å². The van der Waals surface area contributed by atoms with Crippen molar-refractivity contribution in [2.45, 2.75) is 25.4 Å². The average molecular weight is 313 g/mol. The third-order valence-electron chi connectivity index (χ3n) is 2.09. The summed E-state index contributed by atoms with van der Waals surface area (Å²) >= 11 is 3.05. The van der Waals surface area contributed by atoms with E-state index in [1.54, 1.807) is 0 Å². The summed E-state index contributed by atoms with van der Waals surface area (Å²) in [5.41, 5.74) is 0.111. The SMILES string of the molecule is O=C(CCC(F)(F)F)Cc1ccc(Br)cc1F. The van der Waals surface area contributed by atoms with Crippen LogP contribution in [0, 0.1) is 5.82 Å². The van der Waals surface area contributed by atoms with Crippen molar-refractivity contribution in [2.75, 3.05) is 0 Å². The highest BCUT2D eigenvalue weighted by atomic mass is 79.9. The van der Waals surface area contributed by atoms with Crippen molar-refractivity contribution in [3.05, 3.63) is 34.1 Å². The first-order chi connectivity index (χ1) is 7.78. The lowest BCUT2D eigenvalue weighted by atomic mass is 10.1. The molecule has 0 atom stereocenters. The smallest absolute Gasteiger partial charge is 0.299 e. The average Bonchev–Trinajstić information content (AvgIpc) is 2.18. The van der Waals surface area contributed by atoms with E-state index in [1.807, 2.05) is 0 Å². The van der Waals surface area contributed by atoms with Crippen molar-refractivity contribution >= 4 is 21.7 Å². The van der Waals surface area contributed by atoms with E-state index < -0.39 is 30.6 Å². The molecular weight excluding hydrogens is 304 g/mol. The molecule has 0 saturated carbocycles. The second-order valence-electron chi connectivity index (χ2n) is 3.57. The Morgan fingerprint density at radius 2 is 1.94 bits per heavy atom. The van der Waals surface area contributed by atoms with Gasteiger partial charge in [-0.05, 0) is 17.7 Å². The third-order valence-corrected chi connectivity index (χ3v) is 2.58. The molecular formula is C11H9BrF4O. The fraction of sp³-hybridized carbons (Fsp3) is 0.364. The van der Waals surface area contributed by atoms with Crippen molar-refractivity contribution in [1.82, 2.24) is 0 Å². The Bertz CT molecular complexity index is 414. The highest BCUT2D eigenvalue weighted by molar-refractivity contribution is 9.10. The zero-order valence-corrected chi connectivity index (χ0v) is 10.2. The fourth-order valence-electron chi connectivity index (χ4n) is 1.25. The van der Waals surface area contributed by atoms with Gasteiger partial charge in [0.1, 0.15) is 11.6 Å². The Balaban J connectivity index is 2.57. The van der Waals surface area contributed by atoms with E-state index in [9.17, 15) is 22.4 Å². The van der Waals surface area contributed by atoms with Crippen LogP contribution in [0.15, 0.2) is 22.7 Å². The maximum atomic E-state index is 13.3. The predicted molar refractivity (Wildman–Crippen MR) is 58.1 cm³/mol. The summed E-state index contributed by atoms with van der Waals surface area (Å²) in [6.45, 7) is 0. The van der Waals surface area contributed by atoms with Crippen molar-refractivity contribution < 1.29 is 22.4 Å². The lowest BCUT2D eigenvalue weighted by molar-refractivity contribution is -0.143. The summed E-state index contributed by atoms with van der Waals surface area (Å²) in [6.07, 6.45) is -6.44. The van der Waals surface area contributed by atoms with Gasteiger partial charge in [-0.15, -0.1) is 0 Å². The van der Waals surface area contributed by atoms with Gasteiger partial charge >= 0.3 is 6.18 Å². The van der Waals surface area contributed by atoms with Crippen LogP contribution in [0.25, 0.3) is 0 Å². The molecule has 94 valence electrons. The number of Topliss-reactive ketones (excluding diaryl/α,β-unsaturated/α-hetero) is 1. The largest absolute Gasteiger partial charge is 0.389 e. The molecule has 1 nitrogen and oxygen atoms in total. The van der Waals surface area contributed by atoms with Crippen LogP contribution in [0.3, 0.4) is 0 Å². The molecule has 6 heteroatoms. The molecule has 0 unspecified atom stereocenters. The summed E-state index contributed by atoms with van der Waals surface area (Å²) in [4.78, 5) is 11.2. The molecule has 0 saturated heterocycles. The molecule has 1 aromatic carbocycles. The molecule has 0 heterocycles. The molecule has 0 aromatic heterocycles. The van der Waals surface area contributed by atoms with E-state index >= 15 is 0 Å². The summed E-state index contributed by atoms with van der Waals surface area (Å²) in [7, 11) is 0. The summed E-state index contributed by atoms with van der Waals surface area (Å²) in [5.74, 6) is -1.22. The first-order valence-electron chi connectivity index (χ1n) is 4.80. The van der Waals surface area contributed by atoms with Crippen LogP contribution < -0.4 is 0 Å². The Labute approximate surface area is 104 Å². The molecule has 0 spiro atoms. The van der Waals surface area contributed by atoms with Gasteiger partial charge in [-0.1, -0.05) is 22.0 Å². The van der Waals surface area contributed by atoms with Gasteiger partial charge in [0.05, 0.1) is 6.42 Å². The number of hydrogen-bond donors (Lipinski definition) is 0. The number of carbonyl (C=O) groups is 1. The van der Waals surface area contributed by atoms with E-state index in [-0.39, 0.29) is 12.0 Å². The minimum absolute atomic E-state index is 0.111. The minimum atomic E-state index is -4.35. The molecule has 0 fully saturated rings. The molecule has 1 aromatic rings. The van der Waals surface area contributed by atoms with E-state index in [1.165, 1.54) is 18.2 Å². The molecule has 1 rings (SSSR count). The number of benzene rings is 1. The van der Waals surface area contributed by atoms with E-state index in [2.05, 4.69) is 15.9 Å². The van der Waals surface area contributed by atoms with Crippen molar-refractivity contribution in [3.8, 4) is 0 Å². The fourth-order valence-corrected chi connectivity index (χ4v) is 1.58. The number of hydrogen-bond acceptors (Lipinski definition) is 1. The number of halogens is 5. The van der Waals surface area contributed by atoms with E-state index in [4.69, 9.17) is 0 Å². The number of rotatable bonds is 4. The summed E-state index contributed by atoms with van der Waals surface area (Å²) in [5, 5.41) is 0. The molecule has 0 aliphatic heterocycles.